The minimum Gasteiger partial charge on any atom is -0.348 e. The van der Waals surface area contributed by atoms with Gasteiger partial charge in [-0.15, -0.1) is 4.48 Å². The molecule has 0 saturated carbocycles. The molecule has 0 heterocycles. The van der Waals surface area contributed by atoms with Gasteiger partial charge in [0.1, 0.15) is 0 Å². The highest BCUT2D eigenvalue weighted by atomic mass is 32.1. The summed E-state index contributed by atoms with van der Waals surface area (Å²) in [4.78, 5) is 1.72. The summed E-state index contributed by atoms with van der Waals surface area (Å²) in [6, 6.07) is 0. The summed E-state index contributed by atoms with van der Waals surface area (Å²) in [6.07, 6.45) is 0. The standard InChI is InChI=1S/C5H11FN2S/c1-3-8(4-2)5(9)7-6/h3-4H2,1-2H3,(H,7,9). The lowest BCUT2D eigenvalue weighted by molar-refractivity contribution is 0.370. The molecule has 0 radical (unpaired) electrons. The molecule has 0 aliphatic rings. The van der Waals surface area contributed by atoms with Crippen LogP contribution in [0.2, 0.25) is 0 Å². The van der Waals surface area contributed by atoms with Gasteiger partial charge in [0, 0.05) is 13.1 Å². The molecule has 54 valence electrons. The maximum Gasteiger partial charge on any atom is 0.197 e. The van der Waals surface area contributed by atoms with Crippen molar-refractivity contribution in [2.24, 2.45) is 0 Å². The predicted octanol–water partition coefficient (Wildman–Crippen LogP) is 1.09. The lowest BCUT2D eigenvalue weighted by atomic mass is 10.6. The molecule has 0 aromatic rings. The van der Waals surface area contributed by atoms with Gasteiger partial charge in [-0.3, -0.25) is 0 Å². The Morgan fingerprint density at radius 2 is 2.00 bits per heavy atom. The number of thiocarbonyl (C=S) groups is 1. The maximum atomic E-state index is 11.6. The van der Waals surface area contributed by atoms with Gasteiger partial charge in [0.05, 0.1) is 0 Å². The molecule has 0 saturated heterocycles. The second-order valence-electron chi connectivity index (χ2n) is 1.57. The van der Waals surface area contributed by atoms with Gasteiger partial charge in [-0.05, 0) is 26.1 Å². The summed E-state index contributed by atoms with van der Waals surface area (Å²) < 4.78 is 11.6. The Labute approximate surface area is 60.0 Å². The fourth-order valence-electron chi connectivity index (χ4n) is 0.571. The Morgan fingerprint density at radius 3 is 2.11 bits per heavy atom. The Balaban J connectivity index is 3.64. The van der Waals surface area contributed by atoms with E-state index in [2.05, 4.69) is 12.2 Å². The summed E-state index contributed by atoms with van der Waals surface area (Å²) in [6.45, 7) is 5.33. The maximum absolute atomic E-state index is 11.6. The molecule has 0 aliphatic heterocycles. The first-order valence-electron chi connectivity index (χ1n) is 2.91. The van der Waals surface area contributed by atoms with Crippen molar-refractivity contribution < 1.29 is 4.48 Å². The molecule has 9 heavy (non-hydrogen) atoms. The van der Waals surface area contributed by atoms with Crippen LogP contribution in [0.1, 0.15) is 13.8 Å². The van der Waals surface area contributed by atoms with E-state index in [1.165, 1.54) is 5.54 Å². The average Bonchev–Trinajstić information content (AvgIpc) is 1.90. The fraction of sp³-hybridized carbons (Fsp3) is 0.800. The van der Waals surface area contributed by atoms with Crippen LogP contribution in [0.3, 0.4) is 0 Å². The summed E-state index contributed by atoms with van der Waals surface area (Å²) in [5.74, 6) is 0. The Kier molecular flexibility index (Phi) is 4.30. The first-order valence-corrected chi connectivity index (χ1v) is 3.32. The van der Waals surface area contributed by atoms with Crippen LogP contribution >= 0.6 is 12.2 Å². The molecule has 0 amide bonds. The van der Waals surface area contributed by atoms with E-state index in [0.29, 0.717) is 0 Å². The number of nitrogens with zero attached hydrogens (tertiary/aromatic N) is 1. The lowest BCUT2D eigenvalue weighted by Gasteiger charge is -2.18. The second-order valence-corrected chi connectivity index (χ2v) is 1.96. The highest BCUT2D eigenvalue weighted by Gasteiger charge is 2.01. The van der Waals surface area contributed by atoms with Crippen LogP contribution < -0.4 is 5.54 Å². The number of hydrogen-bond donors (Lipinski definition) is 1. The van der Waals surface area contributed by atoms with Gasteiger partial charge >= 0.3 is 0 Å². The molecule has 0 rings (SSSR count). The van der Waals surface area contributed by atoms with Crippen LogP contribution in [0.4, 0.5) is 4.48 Å². The van der Waals surface area contributed by atoms with Gasteiger partial charge < -0.3 is 4.90 Å². The van der Waals surface area contributed by atoms with Crippen molar-refractivity contribution in [3.05, 3.63) is 0 Å². The van der Waals surface area contributed by atoms with E-state index in [0.717, 1.165) is 13.1 Å². The fourth-order valence-corrected chi connectivity index (χ4v) is 0.829. The third-order valence-corrected chi connectivity index (χ3v) is 1.47. The highest BCUT2D eigenvalue weighted by Crippen LogP contribution is 1.87. The summed E-state index contributed by atoms with van der Waals surface area (Å²) >= 11 is 4.61. The molecular weight excluding hydrogens is 139 g/mol. The van der Waals surface area contributed by atoms with Crippen molar-refractivity contribution in [2.75, 3.05) is 13.1 Å². The van der Waals surface area contributed by atoms with Gasteiger partial charge in [0.25, 0.3) is 0 Å². The smallest absolute Gasteiger partial charge is 0.197 e. The number of rotatable bonds is 2. The topological polar surface area (TPSA) is 15.3 Å². The molecule has 0 atom stereocenters. The van der Waals surface area contributed by atoms with Crippen LogP contribution in [0, 0.1) is 0 Å². The van der Waals surface area contributed by atoms with Gasteiger partial charge in [0.15, 0.2) is 5.11 Å². The second kappa shape index (κ2) is 4.49. The van der Waals surface area contributed by atoms with E-state index in [4.69, 9.17) is 0 Å². The Hall–Kier alpha value is -0.380. The van der Waals surface area contributed by atoms with Crippen molar-refractivity contribution in [3.8, 4) is 0 Å². The van der Waals surface area contributed by atoms with Crippen molar-refractivity contribution in [2.45, 2.75) is 13.8 Å². The van der Waals surface area contributed by atoms with Crippen molar-refractivity contribution in [1.82, 2.24) is 10.4 Å². The largest absolute Gasteiger partial charge is 0.348 e. The molecule has 0 bridgehead atoms. The molecule has 4 heteroatoms. The molecule has 0 spiro atoms. The van der Waals surface area contributed by atoms with Crippen molar-refractivity contribution in [1.29, 1.82) is 0 Å². The molecule has 0 unspecified atom stereocenters. The Bertz CT molecular complexity index is 93.0. The minimum atomic E-state index is 0.167. The predicted molar refractivity (Wildman–Crippen MR) is 39.8 cm³/mol. The first-order chi connectivity index (χ1) is 4.26. The molecule has 0 aliphatic carbocycles. The average molecular weight is 150 g/mol. The summed E-state index contributed by atoms with van der Waals surface area (Å²) in [5, 5.41) is 0.167. The van der Waals surface area contributed by atoms with Crippen LogP contribution in [0.5, 0.6) is 0 Å². The quantitative estimate of drug-likeness (QED) is 0.468. The SMILES string of the molecule is CCN(CC)C(=S)NF. The molecule has 0 aromatic heterocycles. The third-order valence-electron chi connectivity index (χ3n) is 1.13. The number of nitrogens with one attached hydrogen (secondary N) is 1. The third kappa shape index (κ3) is 2.60. The van der Waals surface area contributed by atoms with E-state index < -0.39 is 0 Å². The normalized spacial score (nSPS) is 8.78. The van der Waals surface area contributed by atoms with Gasteiger partial charge in [-0.1, -0.05) is 0 Å². The van der Waals surface area contributed by atoms with E-state index in [1.807, 2.05) is 13.8 Å². The van der Waals surface area contributed by atoms with E-state index in [-0.39, 0.29) is 5.11 Å². The summed E-state index contributed by atoms with van der Waals surface area (Å²) in [7, 11) is 0. The zero-order valence-corrected chi connectivity index (χ0v) is 6.46. The molecule has 0 aromatic carbocycles. The van der Waals surface area contributed by atoms with Gasteiger partial charge in [-0.25, -0.2) is 0 Å². The van der Waals surface area contributed by atoms with Crippen LogP contribution in [0.25, 0.3) is 0 Å². The molecular formula is C5H11FN2S. The van der Waals surface area contributed by atoms with Crippen LogP contribution in [-0.4, -0.2) is 23.1 Å². The Morgan fingerprint density at radius 1 is 1.56 bits per heavy atom. The zero-order valence-electron chi connectivity index (χ0n) is 5.65. The first kappa shape index (κ1) is 8.62. The van der Waals surface area contributed by atoms with E-state index in [1.54, 1.807) is 4.90 Å². The summed E-state index contributed by atoms with van der Waals surface area (Å²) in [5.41, 5.74) is 1.42. The van der Waals surface area contributed by atoms with Gasteiger partial charge in [0.2, 0.25) is 0 Å². The van der Waals surface area contributed by atoms with Gasteiger partial charge in [-0.2, -0.15) is 5.54 Å². The van der Waals surface area contributed by atoms with E-state index in [9.17, 15) is 4.48 Å². The van der Waals surface area contributed by atoms with Crippen LogP contribution in [0.15, 0.2) is 0 Å². The number of halogens is 1. The van der Waals surface area contributed by atoms with Crippen molar-refractivity contribution >= 4 is 17.3 Å². The zero-order chi connectivity index (χ0) is 7.28. The monoisotopic (exact) mass is 150 g/mol. The molecule has 0 fully saturated rings. The number of hydrogen-bond acceptors (Lipinski definition) is 1. The lowest BCUT2D eigenvalue weighted by Crippen LogP contribution is -2.35. The molecule has 2 nitrogen and oxygen atoms in total. The minimum absolute atomic E-state index is 0.167. The highest BCUT2D eigenvalue weighted by molar-refractivity contribution is 7.80. The van der Waals surface area contributed by atoms with Crippen LogP contribution in [-0.2, 0) is 0 Å². The van der Waals surface area contributed by atoms with E-state index >= 15 is 0 Å². The van der Waals surface area contributed by atoms with Crippen molar-refractivity contribution in [3.63, 3.8) is 0 Å². The molecule has 1 N–H and O–H groups in total.